The van der Waals surface area contributed by atoms with Crippen LogP contribution in [-0.4, -0.2) is 41.7 Å². The van der Waals surface area contributed by atoms with E-state index in [1.165, 1.54) is 4.88 Å². The van der Waals surface area contributed by atoms with Gasteiger partial charge in [-0.25, -0.2) is 4.98 Å². The third-order valence-electron chi connectivity index (χ3n) is 5.58. The van der Waals surface area contributed by atoms with Crippen LogP contribution in [0.1, 0.15) is 16.7 Å². The number of anilines is 1. The Bertz CT molecular complexity index is 1280. The predicted molar refractivity (Wildman–Crippen MR) is 135 cm³/mol. The normalized spacial score (nSPS) is 16.2. The largest absolute Gasteiger partial charge is 0.497 e. The molecule has 5 nitrogen and oxygen atoms in total. The lowest BCUT2D eigenvalue weighted by Crippen LogP contribution is -2.30. The molecule has 0 aliphatic carbocycles. The first-order valence-corrected chi connectivity index (χ1v) is 12.7. The van der Waals surface area contributed by atoms with Crippen molar-refractivity contribution in [2.45, 2.75) is 11.8 Å². The van der Waals surface area contributed by atoms with Crippen LogP contribution in [0.3, 0.4) is 0 Å². The number of thioether (sulfide) groups is 1. The number of carbonyl (C=O) groups is 1. The number of methoxy groups -OCH3 is 1. The van der Waals surface area contributed by atoms with E-state index >= 15 is 0 Å². The molecule has 4 aromatic rings. The number of aromatic nitrogens is 1. The summed E-state index contributed by atoms with van der Waals surface area (Å²) in [5, 5.41) is 8.49. The molecule has 1 aliphatic heterocycles. The molecule has 1 amide bonds. The van der Waals surface area contributed by atoms with Crippen LogP contribution in [0, 0.1) is 0 Å². The van der Waals surface area contributed by atoms with Gasteiger partial charge in [0.1, 0.15) is 11.1 Å². The average molecular weight is 484 g/mol. The average Bonchev–Trinajstić information content (AvgIpc) is 3.45. The summed E-state index contributed by atoms with van der Waals surface area (Å²) in [5.74, 6) is 1.55. The maximum Gasteiger partial charge on any atom is 0.233 e. The SMILES string of the molecule is COc1ccc2nc3cc(Cl)ccc3c(NCCCN3C(=O)CSC3c3cccs3)c2c1. The molecular formula is C24H22ClN3O2S2. The number of nitrogens with one attached hydrogen (secondary N) is 1. The second-order valence-corrected chi connectivity index (χ2v) is 10.1. The number of thiophene rings is 1. The van der Waals surface area contributed by atoms with Crippen LogP contribution < -0.4 is 10.1 Å². The second kappa shape index (κ2) is 9.17. The maximum absolute atomic E-state index is 12.5. The van der Waals surface area contributed by atoms with Gasteiger partial charge >= 0.3 is 0 Å². The van der Waals surface area contributed by atoms with Gasteiger partial charge in [0.25, 0.3) is 0 Å². The van der Waals surface area contributed by atoms with Crippen molar-refractivity contribution in [2.75, 3.05) is 31.3 Å². The van der Waals surface area contributed by atoms with Crippen molar-refractivity contribution in [1.29, 1.82) is 0 Å². The minimum atomic E-state index is 0.136. The van der Waals surface area contributed by atoms with Gasteiger partial charge in [0.15, 0.2) is 0 Å². The molecule has 8 heteroatoms. The van der Waals surface area contributed by atoms with Gasteiger partial charge in [-0.2, -0.15) is 0 Å². The highest BCUT2D eigenvalue weighted by Crippen LogP contribution is 2.40. The van der Waals surface area contributed by atoms with Crippen LogP contribution in [0.4, 0.5) is 5.69 Å². The minimum absolute atomic E-state index is 0.136. The van der Waals surface area contributed by atoms with Crippen molar-refractivity contribution in [3.63, 3.8) is 0 Å². The Balaban J connectivity index is 1.38. The smallest absolute Gasteiger partial charge is 0.233 e. The number of hydrogen-bond donors (Lipinski definition) is 1. The number of hydrogen-bond acceptors (Lipinski definition) is 6. The van der Waals surface area contributed by atoms with Crippen LogP contribution in [0.25, 0.3) is 21.8 Å². The number of benzene rings is 2. The topological polar surface area (TPSA) is 54.5 Å². The maximum atomic E-state index is 12.5. The summed E-state index contributed by atoms with van der Waals surface area (Å²) < 4.78 is 5.44. The van der Waals surface area contributed by atoms with Crippen LogP contribution in [0.5, 0.6) is 5.75 Å². The molecule has 0 spiro atoms. The first-order valence-electron chi connectivity index (χ1n) is 10.4. The standard InChI is InChI=1S/C24H22ClN3O2S2/c1-30-16-6-8-19-18(13-16)23(17-7-5-15(25)12-20(17)27-19)26-9-3-10-28-22(29)14-32-24(28)21-4-2-11-31-21/h2,4-8,11-13,24H,3,9-10,14H2,1H3,(H,26,27). The number of halogens is 1. The van der Waals surface area contributed by atoms with Gasteiger partial charge in [0.05, 0.1) is 29.6 Å². The summed E-state index contributed by atoms with van der Waals surface area (Å²) in [6, 6.07) is 15.8. The summed E-state index contributed by atoms with van der Waals surface area (Å²) in [6.07, 6.45) is 0.844. The summed E-state index contributed by atoms with van der Waals surface area (Å²) in [5.41, 5.74) is 2.74. The molecule has 0 radical (unpaired) electrons. The third-order valence-corrected chi connectivity index (χ3v) is 8.12. The Hall–Kier alpha value is -2.48. The highest BCUT2D eigenvalue weighted by molar-refractivity contribution is 8.00. The van der Waals surface area contributed by atoms with Gasteiger partial charge in [0, 0.05) is 33.8 Å². The molecule has 164 valence electrons. The lowest BCUT2D eigenvalue weighted by atomic mass is 10.1. The zero-order valence-corrected chi connectivity index (χ0v) is 19.9. The van der Waals surface area contributed by atoms with Gasteiger partial charge < -0.3 is 15.0 Å². The number of ether oxygens (including phenoxy) is 1. The van der Waals surface area contributed by atoms with E-state index in [1.54, 1.807) is 30.2 Å². The number of pyridine rings is 1. The fourth-order valence-electron chi connectivity index (χ4n) is 4.04. The van der Waals surface area contributed by atoms with Crippen molar-refractivity contribution in [3.8, 4) is 5.75 Å². The number of fused-ring (bicyclic) bond motifs is 2. The predicted octanol–water partition coefficient (Wildman–Crippen LogP) is 6.19. The zero-order valence-electron chi connectivity index (χ0n) is 17.5. The van der Waals surface area contributed by atoms with E-state index in [4.69, 9.17) is 21.3 Å². The van der Waals surface area contributed by atoms with Gasteiger partial charge in [-0.15, -0.1) is 23.1 Å². The molecule has 2 aromatic heterocycles. The Labute approximate surface area is 199 Å². The third kappa shape index (κ3) is 4.12. The van der Waals surface area contributed by atoms with Gasteiger partial charge in [-0.3, -0.25) is 4.79 Å². The van der Waals surface area contributed by atoms with Gasteiger partial charge in [-0.1, -0.05) is 17.7 Å². The lowest BCUT2D eigenvalue weighted by molar-refractivity contribution is -0.128. The van der Waals surface area contributed by atoms with Crippen molar-refractivity contribution < 1.29 is 9.53 Å². The summed E-state index contributed by atoms with van der Waals surface area (Å²) in [4.78, 5) is 20.5. The van der Waals surface area contributed by atoms with E-state index in [0.29, 0.717) is 10.8 Å². The van der Waals surface area contributed by atoms with Crippen LogP contribution >= 0.6 is 34.7 Å². The fourth-order valence-corrected chi connectivity index (χ4v) is 6.40. The molecule has 1 N–H and O–H groups in total. The number of nitrogens with zero attached hydrogens (tertiary/aromatic N) is 2. The molecule has 3 heterocycles. The van der Waals surface area contributed by atoms with Crippen molar-refractivity contribution >= 4 is 68.1 Å². The molecule has 32 heavy (non-hydrogen) atoms. The molecule has 1 atom stereocenters. The van der Waals surface area contributed by atoms with E-state index < -0.39 is 0 Å². The number of rotatable bonds is 7. The van der Waals surface area contributed by atoms with Crippen molar-refractivity contribution in [3.05, 3.63) is 63.8 Å². The highest BCUT2D eigenvalue weighted by atomic mass is 35.5. The minimum Gasteiger partial charge on any atom is -0.497 e. The van der Waals surface area contributed by atoms with Gasteiger partial charge in [-0.05, 0) is 54.3 Å². The molecule has 0 bridgehead atoms. The van der Waals surface area contributed by atoms with Crippen LogP contribution in [0.2, 0.25) is 5.02 Å². The summed E-state index contributed by atoms with van der Waals surface area (Å²) in [7, 11) is 1.66. The lowest BCUT2D eigenvalue weighted by Gasteiger charge is -2.23. The fraction of sp³-hybridized carbons (Fsp3) is 0.250. The van der Waals surface area contributed by atoms with Crippen molar-refractivity contribution in [1.82, 2.24) is 9.88 Å². The second-order valence-electron chi connectivity index (χ2n) is 7.58. The Kier molecular flexibility index (Phi) is 6.13. The first-order chi connectivity index (χ1) is 15.6. The Morgan fingerprint density at radius 2 is 2.09 bits per heavy atom. The first kappa shape index (κ1) is 21.4. The molecule has 5 rings (SSSR count). The van der Waals surface area contributed by atoms with E-state index in [0.717, 1.165) is 52.8 Å². The molecule has 2 aromatic carbocycles. The molecule has 1 aliphatic rings. The highest BCUT2D eigenvalue weighted by Gasteiger charge is 2.32. The Morgan fingerprint density at radius 3 is 2.91 bits per heavy atom. The monoisotopic (exact) mass is 483 g/mol. The van der Waals surface area contributed by atoms with E-state index in [9.17, 15) is 4.79 Å². The van der Waals surface area contributed by atoms with Crippen LogP contribution in [-0.2, 0) is 4.79 Å². The van der Waals surface area contributed by atoms with E-state index in [-0.39, 0.29) is 11.3 Å². The Morgan fingerprint density at radius 1 is 1.19 bits per heavy atom. The number of amides is 1. The quantitative estimate of drug-likeness (QED) is 0.251. The van der Waals surface area contributed by atoms with Gasteiger partial charge in [0.2, 0.25) is 5.91 Å². The van der Waals surface area contributed by atoms with Crippen molar-refractivity contribution in [2.24, 2.45) is 0 Å². The molecule has 1 unspecified atom stereocenters. The van der Waals surface area contributed by atoms with Crippen LogP contribution in [0.15, 0.2) is 53.9 Å². The zero-order chi connectivity index (χ0) is 22.1. The molecular weight excluding hydrogens is 462 g/mol. The molecule has 1 fully saturated rings. The van der Waals surface area contributed by atoms with E-state index in [2.05, 4.69) is 16.8 Å². The summed E-state index contributed by atoms with van der Waals surface area (Å²) in [6.45, 7) is 1.46. The number of carbonyl (C=O) groups excluding carboxylic acids is 1. The molecule has 1 saturated heterocycles. The van der Waals surface area contributed by atoms with E-state index in [1.807, 2.05) is 47.4 Å². The summed E-state index contributed by atoms with van der Waals surface area (Å²) >= 11 is 9.64. The molecule has 0 saturated carbocycles.